The van der Waals surface area contributed by atoms with Gasteiger partial charge in [-0.05, 0) is 42.8 Å². The summed E-state index contributed by atoms with van der Waals surface area (Å²) in [6, 6.07) is 9.61. The molecule has 0 aromatic heterocycles. The molecule has 0 aliphatic carbocycles. The molecule has 0 aliphatic heterocycles. The molecule has 2 rings (SSSR count). The van der Waals surface area contributed by atoms with Gasteiger partial charge in [-0.15, -0.1) is 0 Å². The van der Waals surface area contributed by atoms with E-state index in [1.165, 1.54) is 25.1 Å². The lowest BCUT2D eigenvalue weighted by Crippen LogP contribution is -2.33. The van der Waals surface area contributed by atoms with Crippen molar-refractivity contribution in [2.24, 2.45) is 0 Å². The zero-order valence-electron chi connectivity index (χ0n) is 14.2. The predicted octanol–water partition coefficient (Wildman–Crippen LogP) is 3.63. The topological polar surface area (TPSA) is 87.3 Å². The first kappa shape index (κ1) is 19.8. The van der Waals surface area contributed by atoms with Crippen LogP contribution in [0.3, 0.4) is 0 Å². The van der Waals surface area contributed by atoms with Crippen LogP contribution in [0.4, 0.5) is 11.4 Å². The van der Waals surface area contributed by atoms with Gasteiger partial charge in [-0.3, -0.25) is 14.4 Å². The SMILES string of the molecule is CC(=O)Nc1cccc(NC(=O)CNC(=O)c2ccc(Cl)c(Cl)c2)c1C. The van der Waals surface area contributed by atoms with Crippen molar-refractivity contribution in [3.05, 3.63) is 57.6 Å². The van der Waals surface area contributed by atoms with Crippen molar-refractivity contribution < 1.29 is 14.4 Å². The van der Waals surface area contributed by atoms with Crippen molar-refractivity contribution in [2.45, 2.75) is 13.8 Å². The summed E-state index contributed by atoms with van der Waals surface area (Å²) in [6.07, 6.45) is 0. The molecule has 0 saturated heterocycles. The highest BCUT2D eigenvalue weighted by Crippen LogP contribution is 2.24. The zero-order valence-corrected chi connectivity index (χ0v) is 15.7. The van der Waals surface area contributed by atoms with Gasteiger partial charge in [0.2, 0.25) is 11.8 Å². The molecule has 0 saturated carbocycles. The largest absolute Gasteiger partial charge is 0.343 e. The number of carbonyl (C=O) groups excluding carboxylic acids is 3. The van der Waals surface area contributed by atoms with E-state index in [4.69, 9.17) is 23.2 Å². The van der Waals surface area contributed by atoms with E-state index < -0.39 is 11.8 Å². The van der Waals surface area contributed by atoms with E-state index >= 15 is 0 Å². The average molecular weight is 394 g/mol. The number of anilines is 2. The molecule has 0 fully saturated rings. The molecule has 2 aromatic rings. The molecule has 0 bridgehead atoms. The van der Waals surface area contributed by atoms with Crippen LogP contribution in [-0.4, -0.2) is 24.3 Å². The number of nitrogens with one attached hydrogen (secondary N) is 3. The predicted molar refractivity (Wildman–Crippen MR) is 103 cm³/mol. The van der Waals surface area contributed by atoms with Crippen LogP contribution in [0.1, 0.15) is 22.8 Å². The Morgan fingerprint density at radius 2 is 1.62 bits per heavy atom. The molecule has 0 spiro atoms. The highest BCUT2D eigenvalue weighted by Gasteiger charge is 2.12. The zero-order chi connectivity index (χ0) is 19.3. The fraction of sp³-hybridized carbons (Fsp3) is 0.167. The van der Waals surface area contributed by atoms with Crippen LogP contribution in [0.2, 0.25) is 10.0 Å². The molecule has 0 radical (unpaired) electrons. The van der Waals surface area contributed by atoms with E-state index in [1.807, 2.05) is 0 Å². The second-order valence-electron chi connectivity index (χ2n) is 5.52. The Labute approximate surface area is 160 Å². The van der Waals surface area contributed by atoms with Gasteiger partial charge in [0.05, 0.1) is 16.6 Å². The number of amides is 3. The summed E-state index contributed by atoms with van der Waals surface area (Å²) in [4.78, 5) is 35.4. The minimum Gasteiger partial charge on any atom is -0.343 e. The Kier molecular flexibility index (Phi) is 6.60. The summed E-state index contributed by atoms with van der Waals surface area (Å²) in [5, 5.41) is 8.50. The van der Waals surface area contributed by atoms with E-state index in [-0.39, 0.29) is 17.5 Å². The van der Waals surface area contributed by atoms with Crippen molar-refractivity contribution in [3.63, 3.8) is 0 Å². The molecule has 0 unspecified atom stereocenters. The maximum Gasteiger partial charge on any atom is 0.251 e. The molecule has 3 N–H and O–H groups in total. The number of hydrogen-bond donors (Lipinski definition) is 3. The van der Waals surface area contributed by atoms with Gasteiger partial charge in [0.1, 0.15) is 0 Å². The monoisotopic (exact) mass is 393 g/mol. The first-order valence-corrected chi connectivity index (χ1v) is 8.44. The lowest BCUT2D eigenvalue weighted by atomic mass is 10.1. The summed E-state index contributed by atoms with van der Waals surface area (Å²) in [5.41, 5.74) is 2.17. The van der Waals surface area contributed by atoms with E-state index in [0.29, 0.717) is 27.5 Å². The fourth-order valence-electron chi connectivity index (χ4n) is 2.19. The van der Waals surface area contributed by atoms with Crippen LogP contribution in [0.15, 0.2) is 36.4 Å². The minimum absolute atomic E-state index is 0.203. The third-order valence-electron chi connectivity index (χ3n) is 3.51. The smallest absolute Gasteiger partial charge is 0.251 e. The highest BCUT2D eigenvalue weighted by molar-refractivity contribution is 6.42. The number of rotatable bonds is 5. The number of hydrogen-bond acceptors (Lipinski definition) is 3. The van der Waals surface area contributed by atoms with Crippen LogP contribution in [0, 0.1) is 6.92 Å². The molecule has 2 aromatic carbocycles. The summed E-state index contributed by atoms with van der Waals surface area (Å²) < 4.78 is 0. The van der Waals surface area contributed by atoms with E-state index in [1.54, 1.807) is 25.1 Å². The molecule has 6 nitrogen and oxygen atoms in total. The van der Waals surface area contributed by atoms with Gasteiger partial charge in [-0.25, -0.2) is 0 Å². The summed E-state index contributed by atoms with van der Waals surface area (Å²) in [7, 11) is 0. The Bertz CT molecular complexity index is 869. The first-order valence-electron chi connectivity index (χ1n) is 7.68. The van der Waals surface area contributed by atoms with Crippen molar-refractivity contribution in [1.82, 2.24) is 5.32 Å². The van der Waals surface area contributed by atoms with Crippen molar-refractivity contribution >= 4 is 52.3 Å². The highest BCUT2D eigenvalue weighted by atomic mass is 35.5. The van der Waals surface area contributed by atoms with Crippen LogP contribution >= 0.6 is 23.2 Å². The Balaban J connectivity index is 1.97. The van der Waals surface area contributed by atoms with Gasteiger partial charge in [0, 0.05) is 23.9 Å². The molecule has 0 heterocycles. The molecule has 0 atom stereocenters. The first-order chi connectivity index (χ1) is 12.3. The van der Waals surface area contributed by atoms with E-state index in [2.05, 4.69) is 16.0 Å². The van der Waals surface area contributed by atoms with Gasteiger partial charge in [0.15, 0.2) is 0 Å². The van der Waals surface area contributed by atoms with Gasteiger partial charge in [-0.2, -0.15) is 0 Å². The summed E-state index contributed by atoms with van der Waals surface area (Å²) in [5.74, 6) is -1.05. The van der Waals surface area contributed by atoms with Crippen LogP contribution in [0.25, 0.3) is 0 Å². The molecule has 3 amide bonds. The van der Waals surface area contributed by atoms with Gasteiger partial charge in [-0.1, -0.05) is 29.3 Å². The lowest BCUT2D eigenvalue weighted by Gasteiger charge is -2.13. The third-order valence-corrected chi connectivity index (χ3v) is 4.25. The quantitative estimate of drug-likeness (QED) is 0.724. The molecular formula is C18H17Cl2N3O3. The summed E-state index contributed by atoms with van der Waals surface area (Å²) >= 11 is 11.7. The lowest BCUT2D eigenvalue weighted by molar-refractivity contribution is -0.115. The number of halogens is 2. The molecule has 8 heteroatoms. The Morgan fingerprint density at radius 1 is 0.962 bits per heavy atom. The van der Waals surface area contributed by atoms with Gasteiger partial charge < -0.3 is 16.0 Å². The molecular weight excluding hydrogens is 377 g/mol. The van der Waals surface area contributed by atoms with Crippen LogP contribution < -0.4 is 16.0 Å². The molecule has 0 aliphatic rings. The number of carbonyl (C=O) groups is 3. The van der Waals surface area contributed by atoms with Crippen molar-refractivity contribution in [2.75, 3.05) is 17.2 Å². The van der Waals surface area contributed by atoms with Gasteiger partial charge in [0.25, 0.3) is 5.91 Å². The van der Waals surface area contributed by atoms with Crippen LogP contribution in [0.5, 0.6) is 0 Å². The fourth-order valence-corrected chi connectivity index (χ4v) is 2.49. The summed E-state index contributed by atoms with van der Waals surface area (Å²) in [6.45, 7) is 2.96. The van der Waals surface area contributed by atoms with E-state index in [0.717, 1.165) is 0 Å². The standard InChI is InChI=1S/C18H17Cl2N3O3/c1-10-15(22-11(2)24)4-3-5-16(10)23-17(25)9-21-18(26)12-6-7-13(19)14(20)8-12/h3-8H,9H2,1-2H3,(H,21,26)(H,22,24)(H,23,25). The van der Waals surface area contributed by atoms with Crippen molar-refractivity contribution in [3.8, 4) is 0 Å². The average Bonchev–Trinajstić information content (AvgIpc) is 2.58. The molecule has 136 valence electrons. The molecule has 26 heavy (non-hydrogen) atoms. The maximum atomic E-state index is 12.1. The van der Waals surface area contributed by atoms with Gasteiger partial charge >= 0.3 is 0 Å². The maximum absolute atomic E-state index is 12.1. The Hall–Kier alpha value is -2.57. The minimum atomic E-state index is -0.442. The normalized spacial score (nSPS) is 10.2. The van der Waals surface area contributed by atoms with E-state index in [9.17, 15) is 14.4 Å². The van der Waals surface area contributed by atoms with Crippen LogP contribution in [-0.2, 0) is 9.59 Å². The third kappa shape index (κ3) is 5.21. The Morgan fingerprint density at radius 3 is 2.23 bits per heavy atom. The number of benzene rings is 2. The second kappa shape index (κ2) is 8.69. The second-order valence-corrected chi connectivity index (χ2v) is 6.33. The van der Waals surface area contributed by atoms with Crippen molar-refractivity contribution in [1.29, 1.82) is 0 Å².